The maximum atomic E-state index is 11.2. The van der Waals surface area contributed by atoms with Crippen LogP contribution in [0.3, 0.4) is 0 Å². The zero-order chi connectivity index (χ0) is 14.7. The average molecular weight is 299 g/mol. The molecule has 0 spiro atoms. The van der Waals surface area contributed by atoms with E-state index in [1.807, 2.05) is 30.3 Å². The summed E-state index contributed by atoms with van der Waals surface area (Å²) in [5.74, 6) is 0.278. The number of halogens is 1. The van der Waals surface area contributed by atoms with Gasteiger partial charge in [0.25, 0.3) is 0 Å². The fraction of sp³-hybridized carbons (Fsp3) is 0. The number of aldehydes is 1. The SMILES string of the molecule is O=CC(=CNc1cccc(Cl)c1)c1nc2ccccc2o1. The van der Waals surface area contributed by atoms with Gasteiger partial charge in [-0.25, -0.2) is 4.98 Å². The minimum Gasteiger partial charge on any atom is -0.436 e. The predicted molar refractivity (Wildman–Crippen MR) is 83.1 cm³/mol. The van der Waals surface area contributed by atoms with Crippen molar-refractivity contribution >= 4 is 40.2 Å². The highest BCUT2D eigenvalue weighted by Gasteiger charge is 2.09. The molecule has 2 aromatic carbocycles. The molecule has 5 heteroatoms. The number of aromatic nitrogens is 1. The second-order valence-electron chi connectivity index (χ2n) is 4.36. The van der Waals surface area contributed by atoms with E-state index < -0.39 is 0 Å². The maximum Gasteiger partial charge on any atom is 0.232 e. The summed E-state index contributed by atoms with van der Waals surface area (Å²) in [6, 6.07) is 14.5. The van der Waals surface area contributed by atoms with Crippen LogP contribution < -0.4 is 5.32 Å². The highest BCUT2D eigenvalue weighted by molar-refractivity contribution is 6.30. The Morgan fingerprint density at radius 1 is 1.19 bits per heavy atom. The lowest BCUT2D eigenvalue weighted by Crippen LogP contribution is -1.93. The van der Waals surface area contributed by atoms with Gasteiger partial charge >= 0.3 is 0 Å². The van der Waals surface area contributed by atoms with Crippen molar-refractivity contribution < 1.29 is 9.21 Å². The molecule has 104 valence electrons. The monoisotopic (exact) mass is 298 g/mol. The molecule has 0 aliphatic carbocycles. The van der Waals surface area contributed by atoms with Gasteiger partial charge in [-0.05, 0) is 30.3 Å². The number of carbonyl (C=O) groups is 1. The molecule has 3 aromatic rings. The van der Waals surface area contributed by atoms with Gasteiger partial charge in [-0.3, -0.25) is 4.79 Å². The Hall–Kier alpha value is -2.59. The molecule has 1 heterocycles. The normalized spacial score (nSPS) is 11.6. The van der Waals surface area contributed by atoms with Gasteiger partial charge in [0.15, 0.2) is 11.9 Å². The summed E-state index contributed by atoms with van der Waals surface area (Å²) in [6.07, 6.45) is 2.24. The Kier molecular flexibility index (Phi) is 3.71. The molecule has 0 unspecified atom stereocenters. The minimum absolute atomic E-state index is 0.278. The number of nitrogens with zero attached hydrogens (tertiary/aromatic N) is 1. The van der Waals surface area contributed by atoms with E-state index in [-0.39, 0.29) is 5.89 Å². The zero-order valence-electron chi connectivity index (χ0n) is 10.9. The molecule has 0 fully saturated rings. The second kappa shape index (κ2) is 5.81. The highest BCUT2D eigenvalue weighted by Crippen LogP contribution is 2.20. The number of oxazole rings is 1. The molecule has 1 aromatic heterocycles. The number of anilines is 1. The molecule has 0 saturated carbocycles. The highest BCUT2D eigenvalue weighted by atomic mass is 35.5. The number of rotatable bonds is 4. The topological polar surface area (TPSA) is 55.1 Å². The third-order valence-electron chi connectivity index (χ3n) is 2.89. The molecule has 0 amide bonds. The van der Waals surface area contributed by atoms with Gasteiger partial charge in [0.1, 0.15) is 5.52 Å². The van der Waals surface area contributed by atoms with Gasteiger partial charge in [0.05, 0.1) is 5.57 Å². The van der Waals surface area contributed by atoms with Crippen molar-refractivity contribution in [1.29, 1.82) is 0 Å². The van der Waals surface area contributed by atoms with E-state index in [0.717, 1.165) is 5.69 Å². The second-order valence-corrected chi connectivity index (χ2v) is 4.80. The van der Waals surface area contributed by atoms with Crippen LogP contribution in [0.2, 0.25) is 5.02 Å². The standard InChI is InChI=1S/C16H11ClN2O2/c17-12-4-3-5-13(8-12)18-9-11(10-20)16-19-14-6-1-2-7-15(14)21-16/h1-10,18H. The summed E-state index contributed by atoms with van der Waals surface area (Å²) in [4.78, 5) is 15.5. The molecule has 0 bridgehead atoms. The minimum atomic E-state index is 0.278. The lowest BCUT2D eigenvalue weighted by Gasteiger charge is -2.01. The van der Waals surface area contributed by atoms with E-state index in [0.29, 0.717) is 28.0 Å². The number of benzene rings is 2. The molecule has 0 aliphatic heterocycles. The van der Waals surface area contributed by atoms with Crippen LogP contribution in [0.5, 0.6) is 0 Å². The van der Waals surface area contributed by atoms with Crippen LogP contribution in [0.4, 0.5) is 5.69 Å². The molecule has 0 atom stereocenters. The van der Waals surface area contributed by atoms with Crippen LogP contribution in [0.15, 0.2) is 59.1 Å². The Morgan fingerprint density at radius 3 is 2.81 bits per heavy atom. The number of nitrogens with one attached hydrogen (secondary N) is 1. The van der Waals surface area contributed by atoms with Crippen LogP contribution in [0, 0.1) is 0 Å². The number of para-hydroxylation sites is 2. The Labute approximate surface area is 126 Å². The molecule has 1 N–H and O–H groups in total. The van der Waals surface area contributed by atoms with Crippen LogP contribution in [-0.4, -0.2) is 11.3 Å². The van der Waals surface area contributed by atoms with Gasteiger partial charge in [0, 0.05) is 16.9 Å². The largest absolute Gasteiger partial charge is 0.436 e. The number of allylic oxidation sites excluding steroid dienone is 1. The van der Waals surface area contributed by atoms with Crippen molar-refractivity contribution in [2.24, 2.45) is 0 Å². The van der Waals surface area contributed by atoms with Crippen LogP contribution in [-0.2, 0) is 4.79 Å². The molecule has 0 radical (unpaired) electrons. The van der Waals surface area contributed by atoms with E-state index >= 15 is 0 Å². The Morgan fingerprint density at radius 2 is 2.05 bits per heavy atom. The van der Waals surface area contributed by atoms with Crippen LogP contribution in [0.1, 0.15) is 5.89 Å². The summed E-state index contributed by atoms with van der Waals surface area (Å²) in [6.45, 7) is 0. The van der Waals surface area contributed by atoms with Gasteiger partial charge in [0.2, 0.25) is 5.89 Å². The first-order chi connectivity index (χ1) is 10.3. The van der Waals surface area contributed by atoms with Crippen LogP contribution in [0.25, 0.3) is 16.7 Å². The summed E-state index contributed by atoms with van der Waals surface area (Å²) in [5.41, 5.74) is 2.45. The number of hydrogen-bond acceptors (Lipinski definition) is 4. The predicted octanol–water partition coefficient (Wildman–Crippen LogP) is 4.13. The van der Waals surface area contributed by atoms with Crippen molar-refractivity contribution in [1.82, 2.24) is 4.98 Å². The third-order valence-corrected chi connectivity index (χ3v) is 3.12. The average Bonchev–Trinajstić information content (AvgIpc) is 2.91. The number of carbonyl (C=O) groups excluding carboxylic acids is 1. The van der Waals surface area contributed by atoms with E-state index in [4.69, 9.17) is 16.0 Å². The van der Waals surface area contributed by atoms with Gasteiger partial charge in [-0.2, -0.15) is 0 Å². The lowest BCUT2D eigenvalue weighted by atomic mass is 10.3. The van der Waals surface area contributed by atoms with Crippen molar-refractivity contribution in [3.63, 3.8) is 0 Å². The number of fused-ring (bicyclic) bond motifs is 1. The van der Waals surface area contributed by atoms with E-state index in [1.54, 1.807) is 24.4 Å². The molecule has 0 saturated heterocycles. The first kappa shape index (κ1) is 13.4. The quantitative estimate of drug-likeness (QED) is 0.581. The molecule has 21 heavy (non-hydrogen) atoms. The summed E-state index contributed by atoms with van der Waals surface area (Å²) in [5, 5.41) is 3.62. The Balaban J connectivity index is 1.90. The summed E-state index contributed by atoms with van der Waals surface area (Å²) in [7, 11) is 0. The van der Waals surface area contributed by atoms with E-state index in [2.05, 4.69) is 10.3 Å². The molecular weight excluding hydrogens is 288 g/mol. The van der Waals surface area contributed by atoms with E-state index in [9.17, 15) is 4.79 Å². The van der Waals surface area contributed by atoms with Crippen molar-refractivity contribution in [3.05, 3.63) is 65.6 Å². The fourth-order valence-electron chi connectivity index (χ4n) is 1.88. The zero-order valence-corrected chi connectivity index (χ0v) is 11.7. The van der Waals surface area contributed by atoms with Crippen molar-refractivity contribution in [3.8, 4) is 0 Å². The van der Waals surface area contributed by atoms with Crippen LogP contribution >= 0.6 is 11.6 Å². The molecule has 4 nitrogen and oxygen atoms in total. The smallest absolute Gasteiger partial charge is 0.232 e. The first-order valence-electron chi connectivity index (χ1n) is 6.29. The summed E-state index contributed by atoms with van der Waals surface area (Å²) >= 11 is 5.90. The Bertz CT molecular complexity index is 791. The fourth-order valence-corrected chi connectivity index (χ4v) is 2.07. The number of hydrogen-bond donors (Lipinski definition) is 1. The first-order valence-corrected chi connectivity index (χ1v) is 6.67. The third kappa shape index (κ3) is 2.95. The molecular formula is C16H11ClN2O2. The van der Waals surface area contributed by atoms with E-state index in [1.165, 1.54) is 0 Å². The van der Waals surface area contributed by atoms with Crippen molar-refractivity contribution in [2.45, 2.75) is 0 Å². The molecule has 0 aliphatic rings. The van der Waals surface area contributed by atoms with Crippen molar-refractivity contribution in [2.75, 3.05) is 5.32 Å². The van der Waals surface area contributed by atoms with Gasteiger partial charge in [-0.1, -0.05) is 29.8 Å². The molecule has 3 rings (SSSR count). The maximum absolute atomic E-state index is 11.2. The van der Waals surface area contributed by atoms with Gasteiger partial charge < -0.3 is 9.73 Å². The van der Waals surface area contributed by atoms with Gasteiger partial charge in [-0.15, -0.1) is 0 Å². The lowest BCUT2D eigenvalue weighted by molar-refractivity contribution is -0.103. The summed E-state index contributed by atoms with van der Waals surface area (Å²) < 4.78 is 5.56.